The molecule has 0 atom stereocenters. The van der Waals surface area contributed by atoms with Crippen molar-refractivity contribution in [3.8, 4) is 0 Å². The molecule has 0 amide bonds. The average Bonchev–Trinajstić information content (AvgIpc) is 2.71. The van der Waals surface area contributed by atoms with Crippen molar-refractivity contribution in [1.82, 2.24) is 9.36 Å². The quantitative estimate of drug-likeness (QED) is 0.403. The number of aromatic nitrogens is 2. The zero-order valence-electron chi connectivity index (χ0n) is 9.04. The molecule has 0 radical (unpaired) electrons. The Bertz CT molecular complexity index is 266. The van der Waals surface area contributed by atoms with Gasteiger partial charge in [0.25, 0.3) is 0 Å². The van der Waals surface area contributed by atoms with Gasteiger partial charge in [0.15, 0.2) is 4.34 Å². The number of unbranched alkanes of at least 4 members (excludes halogenated alkanes) is 3. The lowest BCUT2D eigenvalue weighted by Crippen LogP contribution is -1.84. The van der Waals surface area contributed by atoms with Crippen molar-refractivity contribution in [2.24, 2.45) is 0 Å². The summed E-state index contributed by atoms with van der Waals surface area (Å²) in [7, 11) is 0. The fourth-order valence-corrected chi connectivity index (χ4v) is 3.10. The van der Waals surface area contributed by atoms with Crippen molar-refractivity contribution in [2.45, 2.75) is 43.4 Å². The molecule has 86 valence electrons. The van der Waals surface area contributed by atoms with E-state index in [1.54, 1.807) is 0 Å². The van der Waals surface area contributed by atoms with Gasteiger partial charge in [-0.2, -0.15) is 4.37 Å². The molecule has 0 saturated carbocycles. The van der Waals surface area contributed by atoms with Gasteiger partial charge in [-0.25, -0.2) is 4.98 Å². The third-order valence-corrected chi connectivity index (χ3v) is 4.24. The maximum atomic E-state index is 5.61. The fourth-order valence-electron chi connectivity index (χ4n) is 1.15. The van der Waals surface area contributed by atoms with Crippen LogP contribution >= 0.6 is 34.9 Å². The van der Waals surface area contributed by atoms with Crippen LogP contribution in [0.1, 0.15) is 38.4 Å². The molecule has 0 saturated heterocycles. The fraction of sp³-hybridized carbons (Fsp3) is 0.800. The highest BCUT2D eigenvalue weighted by molar-refractivity contribution is 8.00. The number of nitrogens with zero attached hydrogens (tertiary/aromatic N) is 2. The molecule has 1 heterocycles. The molecule has 5 heteroatoms. The van der Waals surface area contributed by atoms with E-state index in [2.05, 4.69) is 16.3 Å². The van der Waals surface area contributed by atoms with Crippen molar-refractivity contribution in [2.75, 3.05) is 11.6 Å². The molecule has 15 heavy (non-hydrogen) atoms. The van der Waals surface area contributed by atoms with Gasteiger partial charge < -0.3 is 0 Å². The molecule has 0 aliphatic rings. The zero-order chi connectivity index (χ0) is 10.9. The standard InChI is InChI=1S/C10H17ClN2S2/c1-2-9-12-10(15-13-9)14-8-6-4-3-5-7-11/h2-8H2,1H3. The van der Waals surface area contributed by atoms with Crippen LogP contribution in [-0.2, 0) is 6.42 Å². The van der Waals surface area contributed by atoms with Gasteiger partial charge in [0, 0.05) is 18.1 Å². The summed E-state index contributed by atoms with van der Waals surface area (Å²) in [6, 6.07) is 0. The minimum atomic E-state index is 0.795. The summed E-state index contributed by atoms with van der Waals surface area (Å²) >= 11 is 8.96. The Hall–Kier alpha value is 0.200. The molecule has 0 unspecified atom stereocenters. The normalized spacial score (nSPS) is 10.8. The highest BCUT2D eigenvalue weighted by atomic mass is 35.5. The topological polar surface area (TPSA) is 25.8 Å². The molecule has 0 aliphatic heterocycles. The van der Waals surface area contributed by atoms with Crippen LogP contribution in [0, 0.1) is 0 Å². The Labute approximate surface area is 105 Å². The summed E-state index contributed by atoms with van der Waals surface area (Å²) in [5, 5.41) is 0. The third-order valence-electron chi connectivity index (χ3n) is 2.02. The molecule has 0 N–H and O–H groups in total. The first kappa shape index (κ1) is 13.3. The number of hydrogen-bond donors (Lipinski definition) is 0. The molecular weight excluding hydrogens is 248 g/mol. The van der Waals surface area contributed by atoms with Crippen LogP contribution in [-0.4, -0.2) is 21.0 Å². The van der Waals surface area contributed by atoms with Crippen LogP contribution in [0.4, 0.5) is 0 Å². The van der Waals surface area contributed by atoms with Crippen molar-refractivity contribution in [3.63, 3.8) is 0 Å². The summed E-state index contributed by atoms with van der Waals surface area (Å²) in [5.74, 6) is 2.92. The van der Waals surface area contributed by atoms with E-state index in [9.17, 15) is 0 Å². The number of alkyl halides is 1. The first-order valence-electron chi connectivity index (χ1n) is 5.38. The number of hydrogen-bond acceptors (Lipinski definition) is 4. The highest BCUT2D eigenvalue weighted by Gasteiger charge is 2.01. The largest absolute Gasteiger partial charge is 0.213 e. The lowest BCUT2D eigenvalue weighted by atomic mass is 10.2. The van der Waals surface area contributed by atoms with Crippen LogP contribution in [0.25, 0.3) is 0 Å². The Kier molecular flexibility index (Phi) is 7.40. The maximum absolute atomic E-state index is 5.61. The van der Waals surface area contributed by atoms with E-state index in [0.29, 0.717) is 0 Å². The van der Waals surface area contributed by atoms with E-state index in [-0.39, 0.29) is 0 Å². The lowest BCUT2D eigenvalue weighted by Gasteiger charge is -1.97. The molecule has 0 aromatic carbocycles. The van der Waals surface area contributed by atoms with Gasteiger partial charge in [0.05, 0.1) is 0 Å². The van der Waals surface area contributed by atoms with E-state index < -0.39 is 0 Å². The molecule has 1 aromatic heterocycles. The Morgan fingerprint density at radius 1 is 1.27 bits per heavy atom. The van der Waals surface area contributed by atoms with Crippen molar-refractivity contribution < 1.29 is 0 Å². The van der Waals surface area contributed by atoms with Gasteiger partial charge in [-0.05, 0) is 24.4 Å². The van der Waals surface area contributed by atoms with E-state index in [0.717, 1.165) is 34.6 Å². The summed E-state index contributed by atoms with van der Waals surface area (Å²) in [4.78, 5) is 4.41. The molecule has 0 bridgehead atoms. The molecule has 1 aromatic rings. The zero-order valence-corrected chi connectivity index (χ0v) is 11.4. The van der Waals surface area contributed by atoms with Gasteiger partial charge in [-0.1, -0.05) is 31.5 Å². The summed E-state index contributed by atoms with van der Waals surface area (Å²) in [6.07, 6.45) is 5.86. The Morgan fingerprint density at radius 2 is 2.07 bits per heavy atom. The first-order valence-corrected chi connectivity index (χ1v) is 7.67. The molecule has 0 spiro atoms. The van der Waals surface area contributed by atoms with Crippen molar-refractivity contribution in [3.05, 3.63) is 5.82 Å². The molecule has 0 fully saturated rings. The van der Waals surface area contributed by atoms with Gasteiger partial charge >= 0.3 is 0 Å². The van der Waals surface area contributed by atoms with Crippen LogP contribution in [0.5, 0.6) is 0 Å². The minimum Gasteiger partial charge on any atom is -0.213 e. The number of thioether (sulfide) groups is 1. The monoisotopic (exact) mass is 264 g/mol. The van der Waals surface area contributed by atoms with Crippen LogP contribution < -0.4 is 0 Å². The van der Waals surface area contributed by atoms with Crippen molar-refractivity contribution >= 4 is 34.9 Å². The van der Waals surface area contributed by atoms with Gasteiger partial charge in [0.2, 0.25) is 0 Å². The van der Waals surface area contributed by atoms with E-state index in [4.69, 9.17) is 11.6 Å². The molecular formula is C10H17ClN2S2. The minimum absolute atomic E-state index is 0.795. The Morgan fingerprint density at radius 3 is 2.73 bits per heavy atom. The highest BCUT2D eigenvalue weighted by Crippen LogP contribution is 2.21. The van der Waals surface area contributed by atoms with E-state index in [1.807, 2.05) is 11.8 Å². The second-order valence-electron chi connectivity index (χ2n) is 3.28. The summed E-state index contributed by atoms with van der Waals surface area (Å²) < 4.78 is 5.37. The number of rotatable bonds is 8. The first-order chi connectivity index (χ1) is 7.36. The Balaban J connectivity index is 2.04. The second kappa shape index (κ2) is 8.36. The van der Waals surface area contributed by atoms with Crippen LogP contribution in [0.15, 0.2) is 4.34 Å². The predicted octanol–water partition coefficient (Wildman–Crippen LogP) is 3.99. The van der Waals surface area contributed by atoms with Gasteiger partial charge in [-0.15, -0.1) is 11.6 Å². The second-order valence-corrected chi connectivity index (χ2v) is 5.75. The maximum Gasteiger partial charge on any atom is 0.170 e. The predicted molar refractivity (Wildman–Crippen MR) is 69.2 cm³/mol. The number of halogens is 1. The van der Waals surface area contributed by atoms with Gasteiger partial charge in [0.1, 0.15) is 5.82 Å². The summed E-state index contributed by atoms with van der Waals surface area (Å²) in [5.41, 5.74) is 0. The average molecular weight is 265 g/mol. The SMILES string of the molecule is CCc1nsc(SCCCCCCCl)n1. The van der Waals surface area contributed by atoms with Crippen LogP contribution in [0.2, 0.25) is 0 Å². The van der Waals surface area contributed by atoms with E-state index >= 15 is 0 Å². The lowest BCUT2D eigenvalue weighted by molar-refractivity contribution is 0.709. The smallest absolute Gasteiger partial charge is 0.170 e. The number of aryl methyl sites for hydroxylation is 1. The molecule has 1 rings (SSSR count). The molecule has 2 nitrogen and oxygen atoms in total. The van der Waals surface area contributed by atoms with Crippen molar-refractivity contribution in [1.29, 1.82) is 0 Å². The third kappa shape index (κ3) is 5.73. The molecule has 0 aliphatic carbocycles. The summed E-state index contributed by atoms with van der Waals surface area (Å²) in [6.45, 7) is 2.09. The van der Waals surface area contributed by atoms with E-state index in [1.165, 1.54) is 30.8 Å². The van der Waals surface area contributed by atoms with Gasteiger partial charge in [-0.3, -0.25) is 0 Å². The van der Waals surface area contributed by atoms with Crippen LogP contribution in [0.3, 0.4) is 0 Å².